The van der Waals surface area contributed by atoms with Crippen molar-refractivity contribution < 1.29 is 9.59 Å². The number of para-hydroxylation sites is 1. The number of rotatable bonds is 3. The van der Waals surface area contributed by atoms with Crippen LogP contribution in [0.5, 0.6) is 0 Å². The van der Waals surface area contributed by atoms with E-state index in [2.05, 4.69) is 46.7 Å². The molecular weight excluding hydrogens is 480 g/mol. The summed E-state index contributed by atoms with van der Waals surface area (Å²) < 4.78 is 0. The van der Waals surface area contributed by atoms with Crippen LogP contribution in [0.1, 0.15) is 64.8 Å². The van der Waals surface area contributed by atoms with E-state index in [1.807, 2.05) is 67.7 Å². The average molecular weight is 513 g/mol. The maximum atomic E-state index is 12.9. The number of carbonyl (C=O) groups excluding carboxylic acids is 2. The van der Waals surface area contributed by atoms with Crippen LogP contribution in [-0.4, -0.2) is 16.7 Å². The van der Waals surface area contributed by atoms with Crippen LogP contribution < -0.4 is 5.32 Å². The molecule has 1 aliphatic heterocycles. The maximum absolute atomic E-state index is 12.9. The van der Waals surface area contributed by atoms with Crippen molar-refractivity contribution in [3.63, 3.8) is 0 Å². The zero-order chi connectivity index (χ0) is 26.8. The van der Waals surface area contributed by atoms with E-state index in [0.717, 1.165) is 34.5 Å². The zero-order valence-corrected chi connectivity index (χ0v) is 22.2. The summed E-state index contributed by atoms with van der Waals surface area (Å²) in [6, 6.07) is 26.5. The van der Waals surface area contributed by atoms with E-state index in [9.17, 15) is 9.59 Å². The van der Waals surface area contributed by atoms with Crippen LogP contribution in [0.2, 0.25) is 0 Å². The minimum atomic E-state index is -0.0456. The Morgan fingerprint density at radius 3 is 2.44 bits per heavy atom. The van der Waals surface area contributed by atoms with E-state index in [1.165, 1.54) is 47.9 Å². The molecule has 0 saturated heterocycles. The number of aryl methyl sites for hydroxylation is 1. The number of Topliss-reactive ketones (excluding diaryl/α,β-unsaturated/α-hetero) is 1. The molecule has 0 spiro atoms. The van der Waals surface area contributed by atoms with Crippen molar-refractivity contribution in [1.29, 1.82) is 0 Å². The van der Waals surface area contributed by atoms with Crippen LogP contribution in [0.25, 0.3) is 17.2 Å². The summed E-state index contributed by atoms with van der Waals surface area (Å²) in [7, 11) is 0. The fourth-order valence-corrected chi connectivity index (χ4v) is 6.15. The molecule has 0 saturated carbocycles. The molecule has 2 aliphatic carbocycles. The molecule has 0 fully saturated rings. The average Bonchev–Trinajstić information content (AvgIpc) is 3.67. The van der Waals surface area contributed by atoms with Gasteiger partial charge in [0, 0.05) is 28.7 Å². The lowest BCUT2D eigenvalue weighted by atomic mass is 9.83. The first-order valence-electron chi connectivity index (χ1n) is 13.8. The molecule has 4 heteroatoms. The molecule has 1 aromatic heterocycles. The molecular formula is C35H32N2O2. The summed E-state index contributed by atoms with van der Waals surface area (Å²) in [5, 5.41) is 2.84. The van der Waals surface area contributed by atoms with E-state index < -0.39 is 0 Å². The molecule has 4 aromatic rings. The molecule has 194 valence electrons. The molecule has 1 atom stereocenters. The second kappa shape index (κ2) is 10.7. The first kappa shape index (κ1) is 24.9. The van der Waals surface area contributed by atoms with Crippen LogP contribution in [0.4, 0.5) is 5.69 Å². The number of nitrogens with one attached hydrogen (secondary N) is 2. The van der Waals surface area contributed by atoms with Crippen molar-refractivity contribution in [2.45, 2.75) is 44.9 Å². The smallest absolute Gasteiger partial charge is 0.256 e. The third-order valence-electron chi connectivity index (χ3n) is 8.05. The Labute approximate surface area is 229 Å². The monoisotopic (exact) mass is 512 g/mol. The summed E-state index contributed by atoms with van der Waals surface area (Å²) in [5.41, 5.74) is 11.1. The number of benzene rings is 3. The SMILES string of the molecule is C/C=C1\C(=O)C(Cc2cccc3c2CCCC3)c2ccccc21.O=C1Nc2ccccc2/C1=C/c1ccc[nH]1. The van der Waals surface area contributed by atoms with Gasteiger partial charge in [-0.2, -0.15) is 0 Å². The van der Waals surface area contributed by atoms with Crippen molar-refractivity contribution >= 4 is 34.6 Å². The van der Waals surface area contributed by atoms with Gasteiger partial charge in [0.05, 0.1) is 11.5 Å². The predicted molar refractivity (Wildman–Crippen MR) is 158 cm³/mol. The summed E-state index contributed by atoms with van der Waals surface area (Å²) in [6.07, 6.45) is 11.5. The van der Waals surface area contributed by atoms with E-state index >= 15 is 0 Å². The molecule has 4 nitrogen and oxygen atoms in total. The lowest BCUT2D eigenvalue weighted by molar-refractivity contribution is -0.114. The molecule has 39 heavy (non-hydrogen) atoms. The van der Waals surface area contributed by atoms with Gasteiger partial charge >= 0.3 is 0 Å². The number of anilines is 1. The third kappa shape index (κ3) is 4.79. The van der Waals surface area contributed by atoms with E-state index in [-0.39, 0.29) is 11.8 Å². The summed E-state index contributed by atoms with van der Waals surface area (Å²) in [6.45, 7) is 1.97. The standard InChI is InChI=1S/C22H22O.C13H10N2O/c1-2-17-19-12-5-6-13-20(19)21(22(17)23)14-16-10-7-9-15-8-3-4-11-18(15)16;16-13-11(8-9-4-3-7-14-9)10-5-1-2-6-12(10)15-13/h2,5-7,9-10,12-13,21H,3-4,8,11,14H2,1H3;1-8,14H,(H,15,16)/b17-2-;11-8-. The molecule has 1 unspecified atom stereocenters. The van der Waals surface area contributed by atoms with Gasteiger partial charge in [-0.3, -0.25) is 9.59 Å². The number of aromatic amines is 1. The first-order valence-corrected chi connectivity index (χ1v) is 13.8. The highest BCUT2D eigenvalue weighted by Gasteiger charge is 2.34. The summed E-state index contributed by atoms with van der Waals surface area (Å²) >= 11 is 0. The number of fused-ring (bicyclic) bond motifs is 3. The van der Waals surface area contributed by atoms with Gasteiger partial charge in [-0.1, -0.05) is 66.7 Å². The minimum absolute atomic E-state index is 0.00849. The molecule has 3 aliphatic rings. The topological polar surface area (TPSA) is 62.0 Å². The van der Waals surface area contributed by atoms with Crippen LogP contribution >= 0.6 is 0 Å². The molecule has 7 rings (SSSR count). The Morgan fingerprint density at radius 1 is 0.821 bits per heavy atom. The van der Waals surface area contributed by atoms with Crippen molar-refractivity contribution in [3.05, 3.63) is 130 Å². The van der Waals surface area contributed by atoms with Gasteiger partial charge in [0.2, 0.25) is 0 Å². The van der Waals surface area contributed by atoms with Crippen LogP contribution in [-0.2, 0) is 28.9 Å². The molecule has 3 aromatic carbocycles. The molecule has 2 heterocycles. The van der Waals surface area contributed by atoms with Gasteiger partial charge in [0.15, 0.2) is 5.78 Å². The van der Waals surface area contributed by atoms with Crippen molar-refractivity contribution in [2.24, 2.45) is 0 Å². The highest BCUT2D eigenvalue weighted by molar-refractivity contribution is 6.34. The van der Waals surface area contributed by atoms with Gasteiger partial charge in [-0.05, 0) is 91.1 Å². The fraction of sp³-hybridized carbons (Fsp3) is 0.200. The Morgan fingerprint density at radius 2 is 1.62 bits per heavy atom. The minimum Gasteiger partial charge on any atom is -0.362 e. The van der Waals surface area contributed by atoms with Gasteiger partial charge < -0.3 is 10.3 Å². The maximum Gasteiger partial charge on any atom is 0.256 e. The number of H-pyrrole nitrogens is 1. The van der Waals surface area contributed by atoms with Crippen molar-refractivity contribution in [3.8, 4) is 0 Å². The number of allylic oxidation sites excluding steroid dienone is 2. The van der Waals surface area contributed by atoms with Gasteiger partial charge in [0.1, 0.15) is 0 Å². The van der Waals surface area contributed by atoms with Gasteiger partial charge in [-0.15, -0.1) is 0 Å². The largest absolute Gasteiger partial charge is 0.362 e. The summed E-state index contributed by atoms with van der Waals surface area (Å²) in [4.78, 5) is 27.7. The second-order valence-corrected chi connectivity index (χ2v) is 10.4. The molecule has 2 N–H and O–H groups in total. The lowest BCUT2D eigenvalue weighted by Gasteiger charge is -2.21. The normalized spacial score (nSPS) is 19.3. The first-order chi connectivity index (χ1) is 19.1. The van der Waals surface area contributed by atoms with Crippen molar-refractivity contribution in [1.82, 2.24) is 4.98 Å². The van der Waals surface area contributed by atoms with E-state index in [4.69, 9.17) is 0 Å². The highest BCUT2D eigenvalue weighted by Crippen LogP contribution is 2.41. The number of carbonyl (C=O) groups is 2. The van der Waals surface area contributed by atoms with Crippen molar-refractivity contribution in [2.75, 3.05) is 5.32 Å². The molecule has 0 radical (unpaired) electrons. The Hall–Kier alpha value is -4.44. The highest BCUT2D eigenvalue weighted by atomic mass is 16.2. The van der Waals surface area contributed by atoms with E-state index in [1.54, 1.807) is 0 Å². The van der Waals surface area contributed by atoms with Gasteiger partial charge in [-0.25, -0.2) is 0 Å². The lowest BCUT2D eigenvalue weighted by Crippen LogP contribution is -2.13. The molecule has 1 amide bonds. The Bertz CT molecular complexity index is 1610. The zero-order valence-electron chi connectivity index (χ0n) is 22.2. The van der Waals surface area contributed by atoms with E-state index in [0.29, 0.717) is 11.4 Å². The quantitative estimate of drug-likeness (QED) is 0.281. The predicted octanol–water partition coefficient (Wildman–Crippen LogP) is 7.39. The summed E-state index contributed by atoms with van der Waals surface area (Å²) in [5.74, 6) is 0.240. The number of ketones is 1. The number of hydrogen-bond acceptors (Lipinski definition) is 2. The third-order valence-corrected chi connectivity index (χ3v) is 8.05. The Balaban J connectivity index is 0.000000151. The van der Waals surface area contributed by atoms with Crippen LogP contribution in [0.3, 0.4) is 0 Å². The van der Waals surface area contributed by atoms with Crippen LogP contribution in [0, 0.1) is 0 Å². The number of hydrogen-bond donors (Lipinski definition) is 2. The Kier molecular flexibility index (Phi) is 6.85. The fourth-order valence-electron chi connectivity index (χ4n) is 6.15. The second-order valence-electron chi connectivity index (χ2n) is 10.4. The van der Waals surface area contributed by atoms with Crippen LogP contribution in [0.15, 0.2) is 91.1 Å². The number of aromatic nitrogens is 1. The van der Waals surface area contributed by atoms with Gasteiger partial charge in [0.25, 0.3) is 5.91 Å². The molecule has 0 bridgehead atoms. The number of amides is 1.